The van der Waals surface area contributed by atoms with E-state index < -0.39 is 0 Å². The molecule has 0 aromatic carbocycles. The van der Waals surface area contributed by atoms with Gasteiger partial charge in [0.15, 0.2) is 5.82 Å². The Kier molecular flexibility index (Phi) is 2.86. The number of rotatable bonds is 2. The van der Waals surface area contributed by atoms with Crippen molar-refractivity contribution in [3.05, 3.63) is 11.3 Å². The molecule has 1 aliphatic heterocycles. The van der Waals surface area contributed by atoms with E-state index >= 15 is 0 Å². The van der Waals surface area contributed by atoms with Crippen LogP contribution < -0.4 is 10.6 Å². The second-order valence-corrected chi connectivity index (χ2v) is 5.55. The summed E-state index contributed by atoms with van der Waals surface area (Å²) < 4.78 is 0. The van der Waals surface area contributed by atoms with Crippen molar-refractivity contribution in [1.82, 2.24) is 15.5 Å². The van der Waals surface area contributed by atoms with Crippen LogP contribution in [0, 0.1) is 25.7 Å². The number of aryl methyl sites for hydroxylation is 1. The first kappa shape index (κ1) is 11.7. The molecule has 5 heteroatoms. The number of nitrogens with one attached hydrogen (secondary N) is 3. The minimum Gasteiger partial charge on any atom is -0.308 e. The molecule has 1 aliphatic carbocycles. The summed E-state index contributed by atoms with van der Waals surface area (Å²) in [5.41, 5.74) is 2.02. The van der Waals surface area contributed by atoms with Crippen molar-refractivity contribution in [1.29, 1.82) is 0 Å². The predicted octanol–water partition coefficient (Wildman–Crippen LogP) is 1.35. The fourth-order valence-corrected chi connectivity index (χ4v) is 3.28. The van der Waals surface area contributed by atoms with Crippen molar-refractivity contribution in [3.63, 3.8) is 0 Å². The van der Waals surface area contributed by atoms with Gasteiger partial charge in [-0.05, 0) is 45.1 Å². The number of aromatic nitrogens is 2. The van der Waals surface area contributed by atoms with Gasteiger partial charge in [-0.3, -0.25) is 9.89 Å². The lowest BCUT2D eigenvalue weighted by Gasteiger charge is -2.17. The first-order valence-electron chi connectivity index (χ1n) is 6.72. The first-order valence-corrected chi connectivity index (χ1v) is 6.72. The number of nitrogens with zero attached hydrogens (tertiary/aromatic N) is 1. The van der Waals surface area contributed by atoms with Gasteiger partial charge in [0, 0.05) is 11.3 Å². The Hall–Kier alpha value is -1.36. The highest BCUT2D eigenvalue weighted by molar-refractivity contribution is 5.95. The van der Waals surface area contributed by atoms with Crippen LogP contribution in [0.2, 0.25) is 0 Å². The highest BCUT2D eigenvalue weighted by Gasteiger charge is 2.42. The van der Waals surface area contributed by atoms with E-state index in [0.717, 1.165) is 17.8 Å². The maximum atomic E-state index is 12.3. The van der Waals surface area contributed by atoms with E-state index in [2.05, 4.69) is 20.8 Å². The van der Waals surface area contributed by atoms with Crippen LogP contribution in [0.3, 0.4) is 0 Å². The van der Waals surface area contributed by atoms with Crippen LogP contribution in [-0.2, 0) is 4.79 Å². The molecule has 1 aromatic rings. The molecule has 1 saturated heterocycles. The summed E-state index contributed by atoms with van der Waals surface area (Å²) in [6, 6.07) is -0.0334. The van der Waals surface area contributed by atoms with Gasteiger partial charge in [0.25, 0.3) is 0 Å². The number of H-pyrrole nitrogens is 1. The SMILES string of the molecule is Cc1[nH]nc(NC(=O)C2NCC3CCCC32)c1C. The molecule has 18 heavy (non-hydrogen) atoms. The van der Waals surface area contributed by atoms with E-state index in [1.807, 2.05) is 13.8 Å². The van der Waals surface area contributed by atoms with Gasteiger partial charge in [0.1, 0.15) is 0 Å². The molecule has 2 aliphatic rings. The molecule has 98 valence electrons. The van der Waals surface area contributed by atoms with Gasteiger partial charge in [-0.1, -0.05) is 6.42 Å². The van der Waals surface area contributed by atoms with Gasteiger partial charge >= 0.3 is 0 Å². The van der Waals surface area contributed by atoms with Crippen molar-refractivity contribution >= 4 is 11.7 Å². The summed E-state index contributed by atoms with van der Waals surface area (Å²) in [5.74, 6) is 1.95. The number of carbonyl (C=O) groups is 1. The van der Waals surface area contributed by atoms with Crippen molar-refractivity contribution < 1.29 is 4.79 Å². The molecule has 3 rings (SSSR count). The predicted molar refractivity (Wildman–Crippen MR) is 69.3 cm³/mol. The van der Waals surface area contributed by atoms with Crippen LogP contribution in [0.25, 0.3) is 0 Å². The summed E-state index contributed by atoms with van der Waals surface area (Å²) in [6.07, 6.45) is 3.71. The monoisotopic (exact) mass is 248 g/mol. The molecular formula is C13H20N4O. The van der Waals surface area contributed by atoms with E-state index in [-0.39, 0.29) is 11.9 Å². The molecule has 5 nitrogen and oxygen atoms in total. The average Bonchev–Trinajstić information content (AvgIpc) is 3.00. The first-order chi connectivity index (χ1) is 8.66. The van der Waals surface area contributed by atoms with E-state index in [4.69, 9.17) is 0 Å². The zero-order chi connectivity index (χ0) is 12.7. The summed E-state index contributed by atoms with van der Waals surface area (Å²) in [6.45, 7) is 4.91. The average molecular weight is 248 g/mol. The maximum Gasteiger partial charge on any atom is 0.243 e. The third-order valence-corrected chi connectivity index (χ3v) is 4.52. The fraction of sp³-hybridized carbons (Fsp3) is 0.692. The molecule has 3 atom stereocenters. The lowest BCUT2D eigenvalue weighted by molar-refractivity contribution is -0.118. The Morgan fingerprint density at radius 1 is 1.39 bits per heavy atom. The van der Waals surface area contributed by atoms with Crippen LogP contribution in [-0.4, -0.2) is 28.7 Å². The standard InChI is InChI=1S/C13H20N4O/c1-7-8(2)16-17-12(7)15-13(18)11-10-5-3-4-9(10)6-14-11/h9-11,14H,3-6H2,1-2H3,(H2,15,16,17,18). The summed E-state index contributed by atoms with van der Waals surface area (Å²) in [5, 5.41) is 13.3. The molecule has 2 fully saturated rings. The van der Waals surface area contributed by atoms with Crippen LogP contribution in [0.15, 0.2) is 0 Å². The van der Waals surface area contributed by atoms with Crippen LogP contribution in [0.4, 0.5) is 5.82 Å². The summed E-state index contributed by atoms with van der Waals surface area (Å²) in [4.78, 5) is 12.3. The van der Waals surface area contributed by atoms with Crippen molar-refractivity contribution in [3.8, 4) is 0 Å². The number of anilines is 1. The molecule has 1 amide bonds. The number of aromatic amines is 1. The summed E-state index contributed by atoms with van der Waals surface area (Å²) in [7, 11) is 0. The minimum absolute atomic E-state index is 0.0334. The Bertz CT molecular complexity index is 468. The Balaban J connectivity index is 1.70. The normalized spacial score (nSPS) is 30.4. The zero-order valence-electron chi connectivity index (χ0n) is 10.9. The smallest absolute Gasteiger partial charge is 0.243 e. The quantitative estimate of drug-likeness (QED) is 0.740. The topological polar surface area (TPSA) is 69.8 Å². The number of fused-ring (bicyclic) bond motifs is 1. The van der Waals surface area contributed by atoms with Crippen LogP contribution in [0.1, 0.15) is 30.5 Å². The second-order valence-electron chi connectivity index (χ2n) is 5.55. The summed E-state index contributed by atoms with van der Waals surface area (Å²) >= 11 is 0. The molecule has 2 heterocycles. The highest BCUT2D eigenvalue weighted by atomic mass is 16.2. The molecular weight excluding hydrogens is 228 g/mol. The molecule has 0 spiro atoms. The number of amides is 1. The molecule has 3 unspecified atom stereocenters. The lowest BCUT2D eigenvalue weighted by Crippen LogP contribution is -2.40. The van der Waals surface area contributed by atoms with E-state index in [9.17, 15) is 4.79 Å². The van der Waals surface area contributed by atoms with Crippen molar-refractivity contribution in [2.75, 3.05) is 11.9 Å². The molecule has 1 aromatic heterocycles. The van der Waals surface area contributed by atoms with E-state index in [1.54, 1.807) is 0 Å². The third kappa shape index (κ3) is 1.82. The van der Waals surface area contributed by atoms with Crippen molar-refractivity contribution in [2.45, 2.75) is 39.2 Å². The van der Waals surface area contributed by atoms with Gasteiger partial charge in [-0.2, -0.15) is 5.10 Å². The molecule has 3 N–H and O–H groups in total. The van der Waals surface area contributed by atoms with Crippen LogP contribution >= 0.6 is 0 Å². The van der Waals surface area contributed by atoms with E-state index in [0.29, 0.717) is 17.7 Å². The van der Waals surface area contributed by atoms with Gasteiger partial charge in [0.2, 0.25) is 5.91 Å². The van der Waals surface area contributed by atoms with Gasteiger partial charge in [-0.25, -0.2) is 0 Å². The fourth-order valence-electron chi connectivity index (χ4n) is 3.28. The van der Waals surface area contributed by atoms with Gasteiger partial charge in [0.05, 0.1) is 6.04 Å². The molecule has 0 bridgehead atoms. The largest absolute Gasteiger partial charge is 0.308 e. The molecule has 0 radical (unpaired) electrons. The van der Waals surface area contributed by atoms with Gasteiger partial charge < -0.3 is 10.6 Å². The zero-order valence-corrected chi connectivity index (χ0v) is 10.9. The number of carbonyl (C=O) groups excluding carboxylic acids is 1. The van der Waals surface area contributed by atoms with Gasteiger partial charge in [-0.15, -0.1) is 0 Å². The lowest BCUT2D eigenvalue weighted by atomic mass is 9.93. The van der Waals surface area contributed by atoms with E-state index in [1.165, 1.54) is 19.3 Å². The Morgan fingerprint density at radius 3 is 2.94 bits per heavy atom. The van der Waals surface area contributed by atoms with Crippen LogP contribution in [0.5, 0.6) is 0 Å². The Morgan fingerprint density at radius 2 is 2.22 bits per heavy atom. The van der Waals surface area contributed by atoms with Crippen molar-refractivity contribution in [2.24, 2.45) is 11.8 Å². The molecule has 1 saturated carbocycles. The second kappa shape index (κ2) is 4.39. The third-order valence-electron chi connectivity index (χ3n) is 4.52. The number of hydrogen-bond donors (Lipinski definition) is 3. The highest BCUT2D eigenvalue weighted by Crippen LogP contribution is 2.38. The number of hydrogen-bond acceptors (Lipinski definition) is 3. The Labute approximate surface area is 107 Å². The maximum absolute atomic E-state index is 12.3. The minimum atomic E-state index is -0.0334.